The predicted molar refractivity (Wildman–Crippen MR) is 109 cm³/mol. The van der Waals surface area contributed by atoms with Gasteiger partial charge < -0.3 is 5.32 Å². The summed E-state index contributed by atoms with van der Waals surface area (Å²) < 4.78 is 1.87. The first kappa shape index (κ1) is 19.6. The van der Waals surface area contributed by atoms with E-state index in [0.717, 1.165) is 11.3 Å². The quantitative estimate of drug-likeness (QED) is 0.621. The molecule has 0 spiro atoms. The lowest BCUT2D eigenvalue weighted by atomic mass is 10.0. The van der Waals surface area contributed by atoms with Gasteiger partial charge in [0.1, 0.15) is 6.33 Å². The van der Waals surface area contributed by atoms with Crippen molar-refractivity contribution in [3.8, 4) is 11.8 Å². The van der Waals surface area contributed by atoms with E-state index in [-0.39, 0.29) is 11.7 Å². The molecule has 0 unspecified atom stereocenters. The molecule has 0 fully saturated rings. The normalized spacial score (nSPS) is 10.6. The van der Waals surface area contributed by atoms with Gasteiger partial charge in [0.05, 0.1) is 17.4 Å². The fourth-order valence-electron chi connectivity index (χ4n) is 2.65. The van der Waals surface area contributed by atoms with E-state index in [2.05, 4.69) is 47.6 Å². The third-order valence-electron chi connectivity index (χ3n) is 4.23. The number of amides is 1. The molecule has 2 aromatic carbocycles. The first-order valence-electron chi connectivity index (χ1n) is 8.95. The molecule has 0 bridgehead atoms. The summed E-state index contributed by atoms with van der Waals surface area (Å²) in [6.07, 6.45) is 1.65. The van der Waals surface area contributed by atoms with E-state index in [1.807, 2.05) is 28.8 Å². The minimum Gasteiger partial charge on any atom is -0.351 e. The smallest absolute Gasteiger partial charge is 0.230 e. The van der Waals surface area contributed by atoms with Crippen LogP contribution < -0.4 is 5.32 Å². The average Bonchev–Trinajstić information content (AvgIpc) is 3.19. The van der Waals surface area contributed by atoms with Gasteiger partial charge in [-0.3, -0.25) is 9.36 Å². The molecule has 28 heavy (non-hydrogen) atoms. The van der Waals surface area contributed by atoms with Crippen LogP contribution in [0.15, 0.2) is 60.0 Å². The summed E-state index contributed by atoms with van der Waals surface area (Å²) in [5.41, 5.74) is 3.71. The van der Waals surface area contributed by atoms with Crippen molar-refractivity contribution in [2.24, 2.45) is 0 Å². The number of carbonyl (C=O) groups is 1. The lowest BCUT2D eigenvalue weighted by Crippen LogP contribution is -2.24. The van der Waals surface area contributed by atoms with Crippen molar-refractivity contribution in [3.63, 3.8) is 0 Å². The van der Waals surface area contributed by atoms with Crippen molar-refractivity contribution in [1.29, 1.82) is 5.26 Å². The van der Waals surface area contributed by atoms with Crippen molar-refractivity contribution in [2.75, 3.05) is 5.75 Å². The molecule has 0 atom stereocenters. The van der Waals surface area contributed by atoms with Crippen LogP contribution in [0.1, 0.15) is 36.5 Å². The summed E-state index contributed by atoms with van der Waals surface area (Å²) >= 11 is 1.33. The maximum atomic E-state index is 12.2. The zero-order chi connectivity index (χ0) is 19.9. The zero-order valence-corrected chi connectivity index (χ0v) is 16.6. The molecule has 142 valence electrons. The van der Waals surface area contributed by atoms with Crippen molar-refractivity contribution in [3.05, 3.63) is 71.5 Å². The molecular formula is C21H21N5OS. The van der Waals surface area contributed by atoms with Crippen LogP contribution in [-0.2, 0) is 11.3 Å². The summed E-state index contributed by atoms with van der Waals surface area (Å²) in [6.45, 7) is 4.70. The summed E-state index contributed by atoms with van der Waals surface area (Å²) in [6, 6.07) is 17.5. The second kappa shape index (κ2) is 9.20. The Morgan fingerprint density at radius 1 is 1.25 bits per heavy atom. The summed E-state index contributed by atoms with van der Waals surface area (Å²) in [5.74, 6) is 0.610. The Hall–Kier alpha value is -3.11. The predicted octanol–water partition coefficient (Wildman–Crippen LogP) is 3.67. The highest BCUT2D eigenvalue weighted by Gasteiger charge is 2.11. The van der Waals surface area contributed by atoms with Crippen LogP contribution in [0.2, 0.25) is 0 Å². The molecule has 1 N–H and O–H groups in total. The van der Waals surface area contributed by atoms with E-state index in [9.17, 15) is 4.79 Å². The standard InChI is InChI=1S/C21H21N5OS/c1-15(2)18-6-8-19(9-7-18)26-14-24-25-21(26)28-13-20(27)23-12-17-5-3-4-16(10-17)11-22/h3-10,14-15H,12-13H2,1-2H3,(H,23,27). The number of thioether (sulfide) groups is 1. The number of rotatable bonds is 7. The van der Waals surface area contributed by atoms with Crippen molar-refractivity contribution < 1.29 is 4.79 Å². The lowest BCUT2D eigenvalue weighted by molar-refractivity contribution is -0.118. The van der Waals surface area contributed by atoms with Crippen molar-refractivity contribution in [1.82, 2.24) is 20.1 Å². The molecule has 0 aliphatic heterocycles. The van der Waals surface area contributed by atoms with E-state index in [4.69, 9.17) is 5.26 Å². The molecule has 0 aliphatic rings. The number of nitrogens with zero attached hydrogens (tertiary/aromatic N) is 4. The van der Waals surface area contributed by atoms with Gasteiger partial charge in [-0.15, -0.1) is 10.2 Å². The molecule has 0 saturated carbocycles. The first-order valence-corrected chi connectivity index (χ1v) is 9.94. The molecule has 7 heteroatoms. The topological polar surface area (TPSA) is 83.6 Å². The van der Waals surface area contributed by atoms with Crippen LogP contribution >= 0.6 is 11.8 Å². The number of carbonyl (C=O) groups excluding carboxylic acids is 1. The van der Waals surface area contributed by atoms with Gasteiger partial charge in [-0.05, 0) is 41.3 Å². The number of hydrogen-bond acceptors (Lipinski definition) is 5. The zero-order valence-electron chi connectivity index (χ0n) is 15.8. The Balaban J connectivity index is 1.57. The van der Waals surface area contributed by atoms with Gasteiger partial charge in [0.25, 0.3) is 0 Å². The molecule has 1 heterocycles. The van der Waals surface area contributed by atoms with Crippen LogP contribution in [-0.4, -0.2) is 26.4 Å². The molecule has 0 radical (unpaired) electrons. The molecule has 6 nitrogen and oxygen atoms in total. The van der Waals surface area contributed by atoms with E-state index >= 15 is 0 Å². The van der Waals surface area contributed by atoms with Crippen molar-refractivity contribution >= 4 is 17.7 Å². The van der Waals surface area contributed by atoms with Crippen LogP contribution in [0.25, 0.3) is 5.69 Å². The third-order valence-corrected chi connectivity index (χ3v) is 5.18. The number of benzene rings is 2. The highest BCUT2D eigenvalue weighted by Crippen LogP contribution is 2.21. The van der Waals surface area contributed by atoms with Gasteiger partial charge in [0, 0.05) is 12.2 Å². The molecule has 3 rings (SSSR count). The van der Waals surface area contributed by atoms with Gasteiger partial charge in [-0.1, -0.05) is 49.9 Å². The van der Waals surface area contributed by atoms with Crippen LogP contribution in [0.5, 0.6) is 0 Å². The van der Waals surface area contributed by atoms with Crippen LogP contribution in [0.3, 0.4) is 0 Å². The van der Waals surface area contributed by atoms with Gasteiger partial charge >= 0.3 is 0 Å². The summed E-state index contributed by atoms with van der Waals surface area (Å²) in [4.78, 5) is 12.2. The molecule has 0 saturated heterocycles. The molecule has 1 aromatic heterocycles. The maximum Gasteiger partial charge on any atom is 0.230 e. The number of nitrogens with one attached hydrogen (secondary N) is 1. The monoisotopic (exact) mass is 391 g/mol. The van der Waals surface area contributed by atoms with E-state index < -0.39 is 0 Å². The Morgan fingerprint density at radius 2 is 2.04 bits per heavy atom. The fraction of sp³-hybridized carbons (Fsp3) is 0.238. The Morgan fingerprint density at radius 3 is 2.75 bits per heavy atom. The van der Waals surface area contributed by atoms with E-state index in [1.165, 1.54) is 17.3 Å². The fourth-order valence-corrected chi connectivity index (χ4v) is 3.41. The maximum absolute atomic E-state index is 12.2. The molecule has 0 aliphatic carbocycles. The largest absolute Gasteiger partial charge is 0.351 e. The molecular weight excluding hydrogens is 370 g/mol. The van der Waals surface area contributed by atoms with Crippen LogP contribution in [0.4, 0.5) is 0 Å². The molecule has 3 aromatic rings. The van der Waals surface area contributed by atoms with Gasteiger partial charge in [0.2, 0.25) is 5.91 Å². The Kier molecular flexibility index (Phi) is 6.45. The number of aromatic nitrogens is 3. The second-order valence-electron chi connectivity index (χ2n) is 6.61. The van der Waals surface area contributed by atoms with Crippen molar-refractivity contribution in [2.45, 2.75) is 31.5 Å². The third kappa shape index (κ3) is 4.99. The van der Waals surface area contributed by atoms with Gasteiger partial charge in [-0.25, -0.2) is 0 Å². The minimum atomic E-state index is -0.0999. The van der Waals surface area contributed by atoms with E-state index in [1.54, 1.807) is 18.5 Å². The Labute approximate surface area is 168 Å². The first-order chi connectivity index (χ1) is 13.6. The van der Waals surface area contributed by atoms with Gasteiger partial charge in [0.15, 0.2) is 5.16 Å². The summed E-state index contributed by atoms with van der Waals surface area (Å²) in [5, 5.41) is 20.6. The minimum absolute atomic E-state index is 0.0999. The van der Waals surface area contributed by atoms with Gasteiger partial charge in [-0.2, -0.15) is 5.26 Å². The number of hydrogen-bond donors (Lipinski definition) is 1. The van der Waals surface area contributed by atoms with E-state index in [0.29, 0.717) is 23.2 Å². The summed E-state index contributed by atoms with van der Waals surface area (Å²) in [7, 11) is 0. The highest BCUT2D eigenvalue weighted by molar-refractivity contribution is 7.99. The molecule has 1 amide bonds. The SMILES string of the molecule is CC(C)c1ccc(-n2cnnc2SCC(=O)NCc2cccc(C#N)c2)cc1. The Bertz CT molecular complexity index is 989. The lowest BCUT2D eigenvalue weighted by Gasteiger charge is -2.09. The van der Waals surface area contributed by atoms with Crippen LogP contribution in [0, 0.1) is 11.3 Å². The average molecular weight is 392 g/mol. The second-order valence-corrected chi connectivity index (χ2v) is 7.55. The highest BCUT2D eigenvalue weighted by atomic mass is 32.2. The number of nitriles is 1.